The van der Waals surface area contributed by atoms with Gasteiger partial charge in [-0.05, 0) is 29.8 Å². The van der Waals surface area contributed by atoms with E-state index in [4.69, 9.17) is 17.3 Å². The van der Waals surface area contributed by atoms with E-state index in [2.05, 4.69) is 10.3 Å². The minimum absolute atomic E-state index is 0.288. The molecule has 0 aliphatic rings. The van der Waals surface area contributed by atoms with Gasteiger partial charge in [0.1, 0.15) is 6.04 Å². The Labute approximate surface area is 149 Å². The number of hydrogen-bond donors (Lipinski definition) is 2. The summed E-state index contributed by atoms with van der Waals surface area (Å²) in [5.74, 6) is -0.987. The molecule has 1 atom stereocenters. The number of halogens is 1. The van der Waals surface area contributed by atoms with Crippen LogP contribution < -0.4 is 11.1 Å². The SMILES string of the molecule is NC(=O)[C@@H](Cc1ccc(Cl)cc1)NC(=O)c1cccc2cccnc12. The molecule has 2 amide bonds. The van der Waals surface area contributed by atoms with Gasteiger partial charge in [-0.1, -0.05) is 41.9 Å². The third-order valence-corrected chi connectivity index (χ3v) is 4.13. The molecule has 3 N–H and O–H groups in total. The molecule has 0 saturated carbocycles. The average molecular weight is 354 g/mol. The Morgan fingerprint density at radius 1 is 1.08 bits per heavy atom. The number of para-hydroxylation sites is 1. The van der Waals surface area contributed by atoms with Crippen LogP contribution >= 0.6 is 11.6 Å². The maximum atomic E-state index is 12.6. The highest BCUT2D eigenvalue weighted by Crippen LogP contribution is 2.16. The number of benzene rings is 2. The van der Waals surface area contributed by atoms with Gasteiger partial charge in [0, 0.05) is 23.0 Å². The highest BCUT2D eigenvalue weighted by molar-refractivity contribution is 6.30. The first-order valence-electron chi connectivity index (χ1n) is 7.73. The molecule has 0 aliphatic carbocycles. The van der Waals surface area contributed by atoms with Crippen LogP contribution in [0.5, 0.6) is 0 Å². The van der Waals surface area contributed by atoms with Crippen LogP contribution in [0.2, 0.25) is 5.02 Å². The maximum absolute atomic E-state index is 12.6. The number of aromatic nitrogens is 1. The number of nitrogens with two attached hydrogens (primary N) is 1. The molecule has 5 nitrogen and oxygen atoms in total. The van der Waals surface area contributed by atoms with Crippen molar-refractivity contribution in [1.29, 1.82) is 0 Å². The molecule has 126 valence electrons. The van der Waals surface area contributed by atoms with Gasteiger partial charge in [0.15, 0.2) is 0 Å². The summed E-state index contributed by atoms with van der Waals surface area (Å²) in [5.41, 5.74) is 7.29. The van der Waals surface area contributed by atoms with Crippen molar-refractivity contribution in [3.05, 3.63) is 76.9 Å². The van der Waals surface area contributed by atoms with Gasteiger partial charge in [-0.15, -0.1) is 0 Å². The predicted molar refractivity (Wildman–Crippen MR) is 97.3 cm³/mol. The largest absolute Gasteiger partial charge is 0.368 e. The Kier molecular flexibility index (Phi) is 4.95. The lowest BCUT2D eigenvalue weighted by atomic mass is 10.0. The molecular formula is C19H16ClN3O2. The van der Waals surface area contributed by atoms with E-state index in [1.54, 1.807) is 48.7 Å². The lowest BCUT2D eigenvalue weighted by Crippen LogP contribution is -2.45. The van der Waals surface area contributed by atoms with E-state index in [9.17, 15) is 9.59 Å². The van der Waals surface area contributed by atoms with Gasteiger partial charge in [0.05, 0.1) is 11.1 Å². The summed E-state index contributed by atoms with van der Waals surface area (Å²) in [4.78, 5) is 28.7. The van der Waals surface area contributed by atoms with Gasteiger partial charge in [0.2, 0.25) is 5.91 Å². The number of carbonyl (C=O) groups is 2. The summed E-state index contributed by atoms with van der Waals surface area (Å²) < 4.78 is 0. The van der Waals surface area contributed by atoms with E-state index < -0.39 is 11.9 Å². The van der Waals surface area contributed by atoms with Gasteiger partial charge in [-0.2, -0.15) is 0 Å². The van der Waals surface area contributed by atoms with Crippen molar-refractivity contribution in [2.24, 2.45) is 5.73 Å². The van der Waals surface area contributed by atoms with Crippen LogP contribution in [0.15, 0.2) is 60.8 Å². The number of amides is 2. The van der Waals surface area contributed by atoms with Crippen molar-refractivity contribution in [3.63, 3.8) is 0 Å². The number of rotatable bonds is 5. The first-order chi connectivity index (χ1) is 12.0. The number of nitrogens with zero attached hydrogens (tertiary/aromatic N) is 1. The molecule has 0 fully saturated rings. The number of primary amides is 1. The van der Waals surface area contributed by atoms with Crippen molar-refractivity contribution < 1.29 is 9.59 Å². The van der Waals surface area contributed by atoms with Gasteiger partial charge >= 0.3 is 0 Å². The number of hydrogen-bond acceptors (Lipinski definition) is 3. The van der Waals surface area contributed by atoms with Crippen molar-refractivity contribution >= 4 is 34.3 Å². The van der Waals surface area contributed by atoms with Crippen molar-refractivity contribution in [3.8, 4) is 0 Å². The fraction of sp³-hybridized carbons (Fsp3) is 0.105. The zero-order valence-electron chi connectivity index (χ0n) is 13.3. The summed E-state index contributed by atoms with van der Waals surface area (Å²) in [7, 11) is 0. The summed E-state index contributed by atoms with van der Waals surface area (Å²) >= 11 is 5.86. The molecule has 25 heavy (non-hydrogen) atoms. The van der Waals surface area contributed by atoms with E-state index in [1.165, 1.54) is 0 Å². The first kappa shape index (κ1) is 16.9. The molecule has 3 aromatic rings. The van der Waals surface area contributed by atoms with E-state index in [1.807, 2.05) is 12.1 Å². The Bertz CT molecular complexity index is 920. The molecule has 0 radical (unpaired) electrons. The second kappa shape index (κ2) is 7.32. The first-order valence-corrected chi connectivity index (χ1v) is 8.11. The van der Waals surface area contributed by atoms with Gasteiger partial charge in [0.25, 0.3) is 5.91 Å². The molecular weight excluding hydrogens is 338 g/mol. The Balaban J connectivity index is 1.83. The smallest absolute Gasteiger partial charge is 0.254 e. The Hall–Kier alpha value is -2.92. The molecule has 1 aromatic heterocycles. The molecule has 0 spiro atoms. The minimum Gasteiger partial charge on any atom is -0.368 e. The molecule has 2 aromatic carbocycles. The molecule has 0 unspecified atom stereocenters. The van der Waals surface area contributed by atoms with E-state index in [-0.39, 0.29) is 12.3 Å². The van der Waals surface area contributed by atoms with Crippen molar-refractivity contribution in [2.45, 2.75) is 12.5 Å². The zero-order chi connectivity index (χ0) is 17.8. The Morgan fingerprint density at radius 3 is 2.52 bits per heavy atom. The van der Waals surface area contributed by atoms with Crippen molar-refractivity contribution in [2.75, 3.05) is 0 Å². The molecule has 3 rings (SSSR count). The minimum atomic E-state index is -0.826. The molecule has 0 aliphatic heterocycles. The highest BCUT2D eigenvalue weighted by Gasteiger charge is 2.21. The van der Waals surface area contributed by atoms with Gasteiger partial charge in [-0.3, -0.25) is 14.6 Å². The second-order valence-corrected chi connectivity index (χ2v) is 6.08. The van der Waals surface area contributed by atoms with Crippen LogP contribution in [-0.4, -0.2) is 22.8 Å². The fourth-order valence-corrected chi connectivity index (χ4v) is 2.73. The molecule has 0 bridgehead atoms. The average Bonchev–Trinajstić information content (AvgIpc) is 2.62. The second-order valence-electron chi connectivity index (χ2n) is 5.64. The third-order valence-electron chi connectivity index (χ3n) is 3.88. The zero-order valence-corrected chi connectivity index (χ0v) is 14.0. The number of carbonyl (C=O) groups excluding carboxylic acids is 2. The van der Waals surface area contributed by atoms with Crippen LogP contribution in [-0.2, 0) is 11.2 Å². The summed E-state index contributed by atoms with van der Waals surface area (Å²) in [6, 6.07) is 15.2. The van der Waals surface area contributed by atoms with Crippen LogP contribution in [0.25, 0.3) is 10.9 Å². The van der Waals surface area contributed by atoms with Gasteiger partial charge in [-0.25, -0.2) is 0 Å². The lowest BCUT2D eigenvalue weighted by Gasteiger charge is -2.16. The topological polar surface area (TPSA) is 85.1 Å². The number of nitrogens with one attached hydrogen (secondary N) is 1. The highest BCUT2D eigenvalue weighted by atomic mass is 35.5. The molecule has 6 heteroatoms. The summed E-state index contributed by atoms with van der Waals surface area (Å²) in [6.07, 6.45) is 1.91. The van der Waals surface area contributed by atoms with Crippen molar-refractivity contribution in [1.82, 2.24) is 10.3 Å². The maximum Gasteiger partial charge on any atom is 0.254 e. The van der Waals surface area contributed by atoms with Crippen LogP contribution in [0.1, 0.15) is 15.9 Å². The fourth-order valence-electron chi connectivity index (χ4n) is 2.60. The van der Waals surface area contributed by atoms with E-state index >= 15 is 0 Å². The van der Waals surface area contributed by atoms with Crippen LogP contribution in [0.3, 0.4) is 0 Å². The van der Waals surface area contributed by atoms with Crippen LogP contribution in [0.4, 0.5) is 0 Å². The quantitative estimate of drug-likeness (QED) is 0.739. The number of pyridine rings is 1. The van der Waals surface area contributed by atoms with Gasteiger partial charge < -0.3 is 11.1 Å². The molecule has 0 saturated heterocycles. The predicted octanol–water partition coefficient (Wildman–Crippen LogP) is 2.71. The summed E-state index contributed by atoms with van der Waals surface area (Å²) in [6.45, 7) is 0. The standard InChI is InChI=1S/C19H16ClN3O2/c20-14-8-6-12(7-9-14)11-16(18(21)24)23-19(25)15-5-1-3-13-4-2-10-22-17(13)15/h1-10,16H,11H2,(H2,21,24)(H,23,25)/t16-/m1/s1. The Morgan fingerprint density at radius 2 is 1.80 bits per heavy atom. The third kappa shape index (κ3) is 3.95. The number of fused-ring (bicyclic) bond motifs is 1. The monoisotopic (exact) mass is 353 g/mol. The summed E-state index contributed by atoms with van der Waals surface area (Å²) in [5, 5.41) is 4.15. The van der Waals surface area contributed by atoms with Crippen LogP contribution in [0, 0.1) is 0 Å². The van der Waals surface area contributed by atoms with E-state index in [0.29, 0.717) is 16.1 Å². The molecule has 1 heterocycles. The normalized spacial score (nSPS) is 11.9. The lowest BCUT2D eigenvalue weighted by molar-refractivity contribution is -0.119. The van der Waals surface area contributed by atoms with E-state index in [0.717, 1.165) is 10.9 Å².